The summed E-state index contributed by atoms with van der Waals surface area (Å²) in [5.41, 5.74) is 0.891. The summed E-state index contributed by atoms with van der Waals surface area (Å²) in [5.74, 6) is 0.359. The summed E-state index contributed by atoms with van der Waals surface area (Å²) in [6, 6.07) is 7.66. The number of rotatable bonds is 6. The maximum absolute atomic E-state index is 11.5. The molecule has 0 bridgehead atoms. The molecule has 0 fully saturated rings. The van der Waals surface area contributed by atoms with Crippen LogP contribution < -0.4 is 10.1 Å². The topological polar surface area (TPSA) is 47.6 Å². The maximum Gasteiger partial charge on any atom is 0.310 e. The molecule has 2 unspecified atom stereocenters. The number of benzene rings is 1. The summed E-state index contributed by atoms with van der Waals surface area (Å²) in [6.07, 6.45) is 0. The first-order chi connectivity index (χ1) is 8.60. The SMILES string of the molecule is CCOc1ccccc1NC(C)C(C)C(=O)OC. The average molecular weight is 251 g/mol. The Morgan fingerprint density at radius 2 is 2.00 bits per heavy atom. The van der Waals surface area contributed by atoms with E-state index < -0.39 is 0 Å². The van der Waals surface area contributed by atoms with Crippen LogP contribution in [0.5, 0.6) is 5.75 Å². The van der Waals surface area contributed by atoms with E-state index in [2.05, 4.69) is 5.32 Å². The Morgan fingerprint density at radius 1 is 1.33 bits per heavy atom. The van der Waals surface area contributed by atoms with Crippen LogP contribution >= 0.6 is 0 Å². The second-order valence-corrected chi connectivity index (χ2v) is 4.17. The lowest BCUT2D eigenvalue weighted by atomic mass is 10.0. The van der Waals surface area contributed by atoms with Crippen molar-refractivity contribution in [1.82, 2.24) is 0 Å². The van der Waals surface area contributed by atoms with Gasteiger partial charge in [0.05, 0.1) is 25.3 Å². The molecule has 1 rings (SSSR count). The van der Waals surface area contributed by atoms with Crippen LogP contribution in [0.3, 0.4) is 0 Å². The second-order valence-electron chi connectivity index (χ2n) is 4.17. The normalized spacial score (nSPS) is 13.6. The number of carbonyl (C=O) groups is 1. The molecule has 100 valence electrons. The highest BCUT2D eigenvalue weighted by atomic mass is 16.5. The number of hydrogen-bond donors (Lipinski definition) is 1. The van der Waals surface area contributed by atoms with Crippen LogP contribution in [0.15, 0.2) is 24.3 Å². The third kappa shape index (κ3) is 3.65. The van der Waals surface area contributed by atoms with E-state index in [9.17, 15) is 4.79 Å². The molecule has 1 aromatic carbocycles. The van der Waals surface area contributed by atoms with Crippen LogP contribution in [-0.4, -0.2) is 25.7 Å². The minimum atomic E-state index is -0.219. The molecule has 18 heavy (non-hydrogen) atoms. The number of carbonyl (C=O) groups excluding carboxylic acids is 1. The fraction of sp³-hybridized carbons (Fsp3) is 0.500. The van der Waals surface area contributed by atoms with E-state index in [0.717, 1.165) is 11.4 Å². The van der Waals surface area contributed by atoms with E-state index in [1.165, 1.54) is 7.11 Å². The highest BCUT2D eigenvalue weighted by molar-refractivity contribution is 5.73. The lowest BCUT2D eigenvalue weighted by Gasteiger charge is -2.21. The van der Waals surface area contributed by atoms with Crippen LogP contribution in [0.4, 0.5) is 5.69 Å². The Kier molecular flexibility index (Phi) is 5.49. The van der Waals surface area contributed by atoms with Crippen molar-refractivity contribution in [3.63, 3.8) is 0 Å². The van der Waals surface area contributed by atoms with Gasteiger partial charge in [0.15, 0.2) is 0 Å². The van der Waals surface area contributed by atoms with E-state index in [1.54, 1.807) is 0 Å². The predicted molar refractivity (Wildman–Crippen MR) is 71.9 cm³/mol. The molecule has 0 saturated heterocycles. The summed E-state index contributed by atoms with van der Waals surface area (Å²) < 4.78 is 10.3. The molecular weight excluding hydrogens is 230 g/mol. The molecule has 0 aliphatic carbocycles. The first kappa shape index (κ1) is 14.4. The molecule has 0 aromatic heterocycles. The van der Waals surface area contributed by atoms with Gasteiger partial charge in [0, 0.05) is 6.04 Å². The first-order valence-corrected chi connectivity index (χ1v) is 6.16. The van der Waals surface area contributed by atoms with Crippen molar-refractivity contribution in [3.05, 3.63) is 24.3 Å². The number of ether oxygens (including phenoxy) is 2. The summed E-state index contributed by atoms with van der Waals surface area (Å²) in [4.78, 5) is 11.5. The standard InChI is InChI=1S/C14H21NO3/c1-5-18-13-9-7-6-8-12(13)15-11(3)10(2)14(16)17-4/h6-11,15H,5H2,1-4H3. The molecule has 0 heterocycles. The van der Waals surface area contributed by atoms with Crippen molar-refractivity contribution < 1.29 is 14.3 Å². The van der Waals surface area contributed by atoms with Gasteiger partial charge in [-0.15, -0.1) is 0 Å². The Morgan fingerprint density at radius 3 is 2.61 bits per heavy atom. The fourth-order valence-electron chi connectivity index (χ4n) is 1.63. The monoisotopic (exact) mass is 251 g/mol. The highest BCUT2D eigenvalue weighted by Crippen LogP contribution is 2.25. The van der Waals surface area contributed by atoms with Crippen molar-refractivity contribution in [2.75, 3.05) is 19.0 Å². The molecule has 1 aromatic rings. The Bertz CT molecular complexity index is 392. The van der Waals surface area contributed by atoms with Crippen LogP contribution in [-0.2, 0) is 9.53 Å². The van der Waals surface area contributed by atoms with Gasteiger partial charge in [-0.2, -0.15) is 0 Å². The number of hydrogen-bond acceptors (Lipinski definition) is 4. The zero-order chi connectivity index (χ0) is 13.5. The zero-order valence-electron chi connectivity index (χ0n) is 11.4. The maximum atomic E-state index is 11.5. The molecule has 2 atom stereocenters. The largest absolute Gasteiger partial charge is 0.492 e. The van der Waals surface area contributed by atoms with Gasteiger partial charge >= 0.3 is 5.97 Å². The van der Waals surface area contributed by atoms with Gasteiger partial charge in [-0.25, -0.2) is 0 Å². The van der Waals surface area contributed by atoms with Gasteiger partial charge in [-0.1, -0.05) is 12.1 Å². The molecule has 0 radical (unpaired) electrons. The van der Waals surface area contributed by atoms with Crippen LogP contribution in [0.1, 0.15) is 20.8 Å². The zero-order valence-corrected chi connectivity index (χ0v) is 11.4. The molecular formula is C14H21NO3. The summed E-state index contributed by atoms with van der Waals surface area (Å²) in [5, 5.41) is 3.28. The van der Waals surface area contributed by atoms with Gasteiger partial charge < -0.3 is 14.8 Å². The van der Waals surface area contributed by atoms with E-state index in [0.29, 0.717) is 6.61 Å². The van der Waals surface area contributed by atoms with Crippen LogP contribution in [0.25, 0.3) is 0 Å². The van der Waals surface area contributed by atoms with E-state index in [4.69, 9.17) is 9.47 Å². The smallest absolute Gasteiger partial charge is 0.310 e. The lowest BCUT2D eigenvalue weighted by Crippen LogP contribution is -2.30. The summed E-state index contributed by atoms with van der Waals surface area (Å²) in [7, 11) is 1.40. The molecule has 0 aliphatic rings. The minimum absolute atomic E-state index is 0.0287. The van der Waals surface area contributed by atoms with Gasteiger partial charge in [0.2, 0.25) is 0 Å². The number of nitrogens with one attached hydrogen (secondary N) is 1. The quantitative estimate of drug-likeness (QED) is 0.790. The van der Waals surface area contributed by atoms with E-state index in [1.807, 2.05) is 45.0 Å². The Balaban J connectivity index is 2.74. The predicted octanol–water partition coefficient (Wildman–Crippen LogP) is 2.69. The number of para-hydroxylation sites is 2. The molecule has 0 aliphatic heterocycles. The minimum Gasteiger partial charge on any atom is -0.492 e. The van der Waals surface area contributed by atoms with Crippen molar-refractivity contribution in [3.8, 4) is 5.75 Å². The van der Waals surface area contributed by atoms with Gasteiger partial charge in [0.25, 0.3) is 0 Å². The average Bonchev–Trinajstić information content (AvgIpc) is 2.39. The Hall–Kier alpha value is -1.71. The van der Waals surface area contributed by atoms with Crippen molar-refractivity contribution in [2.45, 2.75) is 26.8 Å². The molecule has 4 heteroatoms. The van der Waals surface area contributed by atoms with E-state index in [-0.39, 0.29) is 17.9 Å². The number of esters is 1. The van der Waals surface area contributed by atoms with E-state index >= 15 is 0 Å². The van der Waals surface area contributed by atoms with Crippen molar-refractivity contribution in [2.24, 2.45) is 5.92 Å². The van der Waals surface area contributed by atoms with Crippen molar-refractivity contribution in [1.29, 1.82) is 0 Å². The van der Waals surface area contributed by atoms with Crippen LogP contribution in [0, 0.1) is 5.92 Å². The molecule has 4 nitrogen and oxygen atoms in total. The summed E-state index contributed by atoms with van der Waals surface area (Å²) in [6.45, 7) is 6.34. The third-order valence-corrected chi connectivity index (χ3v) is 2.89. The Labute approximate surface area is 108 Å². The van der Waals surface area contributed by atoms with Gasteiger partial charge in [-0.05, 0) is 32.9 Å². The molecule has 0 saturated carbocycles. The third-order valence-electron chi connectivity index (χ3n) is 2.89. The summed E-state index contributed by atoms with van der Waals surface area (Å²) >= 11 is 0. The molecule has 0 spiro atoms. The molecule has 1 N–H and O–H groups in total. The lowest BCUT2D eigenvalue weighted by molar-refractivity contribution is -0.145. The number of methoxy groups -OCH3 is 1. The van der Waals surface area contributed by atoms with Crippen molar-refractivity contribution >= 4 is 11.7 Å². The molecule has 0 amide bonds. The second kappa shape index (κ2) is 6.89. The highest BCUT2D eigenvalue weighted by Gasteiger charge is 2.21. The van der Waals surface area contributed by atoms with Gasteiger partial charge in [-0.3, -0.25) is 4.79 Å². The first-order valence-electron chi connectivity index (χ1n) is 6.16. The van der Waals surface area contributed by atoms with Gasteiger partial charge in [0.1, 0.15) is 5.75 Å². The fourth-order valence-corrected chi connectivity index (χ4v) is 1.63. The number of anilines is 1. The van der Waals surface area contributed by atoms with Crippen LogP contribution in [0.2, 0.25) is 0 Å².